The molecule has 1 heterocycles. The number of halogens is 1. The molecule has 5 amide bonds. The summed E-state index contributed by atoms with van der Waals surface area (Å²) in [4.78, 5) is 86.1. The number of ether oxygens (including phenoxy) is 3. The fourth-order valence-electron chi connectivity index (χ4n) is 8.50. The van der Waals surface area contributed by atoms with Crippen molar-refractivity contribution in [3.63, 3.8) is 0 Å². The molecule has 1 aliphatic heterocycles. The molecule has 9 atom stereocenters. The Morgan fingerprint density at radius 1 is 0.841 bits per heavy atom. The van der Waals surface area contributed by atoms with E-state index in [1.54, 1.807) is 23.8 Å². The van der Waals surface area contributed by atoms with Crippen LogP contribution in [0.25, 0.3) is 0 Å². The highest BCUT2D eigenvalue weighted by molar-refractivity contribution is 5.92. The lowest BCUT2D eigenvalue weighted by atomic mass is 9.89. The van der Waals surface area contributed by atoms with Crippen molar-refractivity contribution in [3.05, 3.63) is 71.5 Å². The zero-order valence-corrected chi connectivity index (χ0v) is 38.8. The standard InChI is InChI=1S/C47H70FN5O10/c1-12-30(6)41(51(8)45(57)39(28(2)3)50-44(56)40(29(4)5)52(9)47(60)63-27-33-17-14-13-15-18-33)37(61-10)26-38(54)53-24-16-19-36(53)42(62-11)31(7)43(55)49-35(46(58)59)25-32-20-22-34(48)23-21-32/h13-15,17-18,20-23,28-31,35-37,39-42H,12,16,19,24-27H2,1-11H3,(H,49,55)(H,50,56)(H,58,59)/t30-,31+,35-,36-,37+,39-,40-,41-,42+/m0/s1. The summed E-state index contributed by atoms with van der Waals surface area (Å²) in [7, 11) is 6.08. The number of aliphatic carboxylic acids is 1. The number of likely N-dealkylation sites (tertiary alicyclic amines) is 1. The summed E-state index contributed by atoms with van der Waals surface area (Å²) in [6.45, 7) is 13.3. The van der Waals surface area contributed by atoms with Gasteiger partial charge in [-0.25, -0.2) is 14.0 Å². The predicted octanol–water partition coefficient (Wildman–Crippen LogP) is 5.29. The highest BCUT2D eigenvalue weighted by Gasteiger charge is 2.44. The van der Waals surface area contributed by atoms with E-state index in [2.05, 4.69) is 10.6 Å². The van der Waals surface area contributed by atoms with Gasteiger partial charge in [-0.2, -0.15) is 0 Å². The summed E-state index contributed by atoms with van der Waals surface area (Å²) < 4.78 is 30.8. The van der Waals surface area contributed by atoms with Gasteiger partial charge in [0, 0.05) is 41.3 Å². The number of methoxy groups -OCH3 is 2. The molecule has 15 nitrogen and oxygen atoms in total. The Hall–Kier alpha value is -5.09. The van der Waals surface area contributed by atoms with Gasteiger partial charge in [0.15, 0.2) is 0 Å². The fraction of sp³-hybridized carbons (Fsp3) is 0.617. The molecule has 2 aromatic carbocycles. The Kier molecular flexibility index (Phi) is 20.5. The molecular formula is C47H70FN5O10. The SMILES string of the molecule is CC[C@H](C)[C@@H]([C@@H](CC(=O)N1CCC[C@H]1[C@H](OC)[C@@H](C)C(=O)N[C@@H](Cc1ccc(F)cc1)C(=O)O)OC)N(C)C(=O)[C@@H](NC(=O)[C@H](C(C)C)N(C)C(=O)OCc1ccccc1)C(C)C. The Balaban J connectivity index is 1.77. The summed E-state index contributed by atoms with van der Waals surface area (Å²) in [6.07, 6.45) is -0.544. The number of carbonyl (C=O) groups excluding carboxylic acids is 5. The minimum atomic E-state index is -1.28. The first-order chi connectivity index (χ1) is 29.8. The largest absolute Gasteiger partial charge is 0.480 e. The van der Waals surface area contributed by atoms with Gasteiger partial charge in [0.05, 0.1) is 36.6 Å². The average molecular weight is 884 g/mol. The minimum Gasteiger partial charge on any atom is -0.480 e. The lowest BCUT2D eigenvalue weighted by Gasteiger charge is -2.41. The second-order valence-electron chi connectivity index (χ2n) is 17.4. The van der Waals surface area contributed by atoms with Crippen molar-refractivity contribution in [1.29, 1.82) is 0 Å². The van der Waals surface area contributed by atoms with Crippen molar-refractivity contribution < 1.29 is 52.5 Å². The Morgan fingerprint density at radius 3 is 2.02 bits per heavy atom. The van der Waals surface area contributed by atoms with Crippen LogP contribution >= 0.6 is 0 Å². The number of likely N-dealkylation sites (N-methyl/N-ethyl adjacent to an activating group) is 2. The first-order valence-corrected chi connectivity index (χ1v) is 21.9. The zero-order valence-electron chi connectivity index (χ0n) is 38.8. The van der Waals surface area contributed by atoms with Crippen molar-refractivity contribution in [1.82, 2.24) is 25.3 Å². The third kappa shape index (κ3) is 14.2. The highest BCUT2D eigenvalue weighted by Crippen LogP contribution is 2.30. The van der Waals surface area contributed by atoms with Crippen LogP contribution in [-0.2, 0) is 51.2 Å². The van der Waals surface area contributed by atoms with Gasteiger partial charge in [0.2, 0.25) is 23.6 Å². The maximum Gasteiger partial charge on any atom is 0.410 e. The van der Waals surface area contributed by atoms with Crippen molar-refractivity contribution in [2.24, 2.45) is 23.7 Å². The number of benzene rings is 2. The maximum absolute atomic E-state index is 14.5. The first-order valence-electron chi connectivity index (χ1n) is 21.9. The number of nitrogens with zero attached hydrogens (tertiary/aromatic N) is 3. The van der Waals surface area contributed by atoms with Crippen molar-refractivity contribution >= 4 is 35.7 Å². The number of hydrogen-bond acceptors (Lipinski definition) is 9. The second kappa shape index (κ2) is 24.7. The third-order valence-electron chi connectivity index (χ3n) is 12.3. The number of hydrogen-bond donors (Lipinski definition) is 3. The van der Waals surface area contributed by atoms with Gasteiger partial charge in [0.25, 0.3) is 0 Å². The monoisotopic (exact) mass is 884 g/mol. The number of nitrogens with one attached hydrogen (secondary N) is 2. The summed E-state index contributed by atoms with van der Waals surface area (Å²) in [5.41, 5.74) is 1.34. The maximum atomic E-state index is 14.5. The van der Waals surface area contributed by atoms with E-state index in [1.165, 1.54) is 50.4 Å². The van der Waals surface area contributed by atoms with Crippen LogP contribution in [0.3, 0.4) is 0 Å². The highest BCUT2D eigenvalue weighted by atomic mass is 19.1. The molecule has 0 aromatic heterocycles. The van der Waals surface area contributed by atoms with Crippen LogP contribution in [0.4, 0.5) is 9.18 Å². The summed E-state index contributed by atoms with van der Waals surface area (Å²) >= 11 is 0. The van der Waals surface area contributed by atoms with Crippen LogP contribution in [0.2, 0.25) is 0 Å². The van der Waals surface area contributed by atoms with Crippen molar-refractivity contribution in [2.45, 2.75) is 130 Å². The minimum absolute atomic E-state index is 0.0340. The molecule has 1 saturated heterocycles. The van der Waals surface area contributed by atoms with Gasteiger partial charge in [0.1, 0.15) is 30.5 Å². The predicted molar refractivity (Wildman–Crippen MR) is 236 cm³/mol. The molecule has 2 aromatic rings. The van der Waals surface area contributed by atoms with Crippen molar-refractivity contribution in [3.8, 4) is 0 Å². The van der Waals surface area contributed by atoms with Crippen LogP contribution in [-0.4, -0.2) is 133 Å². The van der Waals surface area contributed by atoms with E-state index in [4.69, 9.17) is 14.2 Å². The molecule has 0 radical (unpaired) electrons. The van der Waals surface area contributed by atoms with Crippen LogP contribution in [0.15, 0.2) is 54.6 Å². The quantitative estimate of drug-likeness (QED) is 0.133. The van der Waals surface area contributed by atoms with Gasteiger partial charge in [-0.3, -0.25) is 24.1 Å². The Bertz CT molecular complexity index is 1810. The number of carbonyl (C=O) groups is 6. The molecule has 16 heteroatoms. The molecule has 3 N–H and O–H groups in total. The smallest absolute Gasteiger partial charge is 0.410 e. The second-order valence-corrected chi connectivity index (χ2v) is 17.4. The Labute approximate surface area is 372 Å². The molecule has 3 rings (SSSR count). The summed E-state index contributed by atoms with van der Waals surface area (Å²) in [6, 6.07) is 10.3. The molecule has 0 spiro atoms. The van der Waals surface area contributed by atoms with E-state index in [0.29, 0.717) is 31.4 Å². The van der Waals surface area contributed by atoms with Crippen LogP contribution < -0.4 is 10.6 Å². The van der Waals surface area contributed by atoms with E-state index in [-0.39, 0.29) is 49.0 Å². The van der Waals surface area contributed by atoms with E-state index < -0.39 is 78.0 Å². The topological polar surface area (TPSA) is 184 Å². The number of rotatable bonds is 23. The molecule has 1 aliphatic rings. The zero-order chi connectivity index (χ0) is 47.1. The van der Waals surface area contributed by atoms with Gasteiger partial charge in [-0.15, -0.1) is 0 Å². The number of carboxylic acid groups (broad SMARTS) is 1. The molecule has 1 fully saturated rings. The normalized spacial score (nSPS) is 17.7. The average Bonchev–Trinajstić information content (AvgIpc) is 3.74. The molecule has 0 unspecified atom stereocenters. The molecule has 63 heavy (non-hydrogen) atoms. The molecule has 0 bridgehead atoms. The lowest BCUT2D eigenvalue weighted by Crippen LogP contribution is -2.60. The number of carboxylic acids is 1. The lowest BCUT2D eigenvalue weighted by molar-refractivity contribution is -0.148. The molecule has 0 saturated carbocycles. The molecular weight excluding hydrogens is 814 g/mol. The number of amides is 5. The van der Waals surface area contributed by atoms with E-state index in [9.17, 15) is 38.3 Å². The van der Waals surface area contributed by atoms with Crippen LogP contribution in [0, 0.1) is 29.5 Å². The van der Waals surface area contributed by atoms with Gasteiger partial charge < -0.3 is 39.8 Å². The van der Waals surface area contributed by atoms with E-state index >= 15 is 0 Å². The van der Waals surface area contributed by atoms with Crippen LogP contribution in [0.5, 0.6) is 0 Å². The van der Waals surface area contributed by atoms with Gasteiger partial charge in [-0.05, 0) is 53.9 Å². The summed E-state index contributed by atoms with van der Waals surface area (Å²) in [5, 5.41) is 15.4. The first kappa shape index (κ1) is 52.3. The van der Waals surface area contributed by atoms with E-state index in [1.807, 2.05) is 71.9 Å². The molecule has 0 aliphatic carbocycles. The van der Waals surface area contributed by atoms with Crippen LogP contribution in [0.1, 0.15) is 85.3 Å². The third-order valence-corrected chi connectivity index (χ3v) is 12.3. The Morgan fingerprint density at radius 2 is 1.48 bits per heavy atom. The fourth-order valence-corrected chi connectivity index (χ4v) is 8.50. The van der Waals surface area contributed by atoms with Gasteiger partial charge in [-0.1, -0.05) is 97.4 Å². The van der Waals surface area contributed by atoms with Gasteiger partial charge >= 0.3 is 12.1 Å². The molecule has 350 valence electrons. The summed E-state index contributed by atoms with van der Waals surface area (Å²) in [5.74, 6) is -5.09. The van der Waals surface area contributed by atoms with E-state index in [0.717, 1.165) is 5.56 Å². The van der Waals surface area contributed by atoms with Crippen molar-refractivity contribution in [2.75, 3.05) is 34.9 Å².